The molecule has 2 nitrogen and oxygen atoms in total. The lowest BCUT2D eigenvalue weighted by atomic mass is 10.1. The summed E-state index contributed by atoms with van der Waals surface area (Å²) in [6.07, 6.45) is 0. The Morgan fingerprint density at radius 1 is 1.46 bits per heavy atom. The van der Waals surface area contributed by atoms with Crippen molar-refractivity contribution in [3.05, 3.63) is 28.8 Å². The molecule has 0 radical (unpaired) electrons. The van der Waals surface area contributed by atoms with E-state index in [2.05, 4.69) is 0 Å². The minimum absolute atomic E-state index is 0.151. The van der Waals surface area contributed by atoms with Crippen molar-refractivity contribution in [2.24, 2.45) is 5.73 Å². The van der Waals surface area contributed by atoms with Crippen molar-refractivity contribution >= 4 is 11.6 Å². The molecule has 0 saturated heterocycles. The Bertz CT molecular complexity index is 317. The summed E-state index contributed by atoms with van der Waals surface area (Å²) in [6, 6.07) is 3.26. The first-order valence-corrected chi connectivity index (χ1v) is 3.92. The molecule has 0 aliphatic rings. The highest BCUT2D eigenvalue weighted by Gasteiger charge is 2.31. The van der Waals surface area contributed by atoms with Gasteiger partial charge in [-0.05, 0) is 18.2 Å². The van der Waals surface area contributed by atoms with Crippen molar-refractivity contribution in [3.8, 4) is 5.75 Å². The normalized spacial score (nSPS) is 11.7. The molecule has 0 aliphatic heterocycles. The molecular weight excluding hydrogens is 200 g/mol. The maximum absolute atomic E-state index is 13.0. The van der Waals surface area contributed by atoms with Crippen LogP contribution in [0.15, 0.2) is 18.2 Å². The lowest BCUT2D eigenvalue weighted by Gasteiger charge is -2.15. The molecule has 72 valence electrons. The molecule has 0 atom stereocenters. The minimum atomic E-state index is -3.15. The summed E-state index contributed by atoms with van der Waals surface area (Å²) < 4.78 is 26.0. The molecule has 1 aromatic carbocycles. The summed E-state index contributed by atoms with van der Waals surface area (Å²) in [7, 11) is 0. The van der Waals surface area contributed by atoms with Gasteiger partial charge in [0, 0.05) is 5.56 Å². The monoisotopic (exact) mass is 207 g/mol. The van der Waals surface area contributed by atoms with Crippen LogP contribution < -0.4 is 5.73 Å². The number of hydrogen-bond acceptors (Lipinski definition) is 2. The molecule has 0 fully saturated rings. The molecule has 1 rings (SSSR count). The first-order valence-electron chi connectivity index (χ1n) is 3.54. The van der Waals surface area contributed by atoms with Crippen LogP contribution in [0.5, 0.6) is 5.75 Å². The summed E-state index contributed by atoms with van der Waals surface area (Å²) in [5.41, 5.74) is 4.51. The Labute approximate surface area is 78.9 Å². The smallest absolute Gasteiger partial charge is 0.286 e. The van der Waals surface area contributed by atoms with Gasteiger partial charge in [0.15, 0.2) is 0 Å². The molecular formula is C8H8ClF2NO. The highest BCUT2D eigenvalue weighted by molar-refractivity contribution is 6.31. The minimum Gasteiger partial charge on any atom is -0.508 e. The van der Waals surface area contributed by atoms with Crippen LogP contribution in [0.25, 0.3) is 0 Å². The van der Waals surface area contributed by atoms with Gasteiger partial charge in [0.25, 0.3) is 5.92 Å². The van der Waals surface area contributed by atoms with Crippen LogP contribution in [0.1, 0.15) is 5.56 Å². The number of phenols is 1. The van der Waals surface area contributed by atoms with E-state index in [9.17, 15) is 8.78 Å². The van der Waals surface area contributed by atoms with Gasteiger partial charge < -0.3 is 10.8 Å². The quantitative estimate of drug-likeness (QED) is 0.780. The second-order valence-electron chi connectivity index (χ2n) is 2.57. The Kier molecular flexibility index (Phi) is 2.73. The van der Waals surface area contributed by atoms with E-state index >= 15 is 0 Å². The summed E-state index contributed by atoms with van der Waals surface area (Å²) in [5.74, 6) is -3.30. The average Bonchev–Trinajstić information content (AvgIpc) is 2.03. The predicted octanol–water partition coefficient (Wildman–Crippen LogP) is 2.10. The molecule has 1 aromatic rings. The maximum Gasteiger partial charge on any atom is 0.286 e. The second kappa shape index (κ2) is 3.47. The molecule has 0 unspecified atom stereocenters. The zero-order valence-electron chi connectivity index (χ0n) is 6.60. The van der Waals surface area contributed by atoms with Gasteiger partial charge >= 0.3 is 0 Å². The van der Waals surface area contributed by atoms with Gasteiger partial charge in [-0.25, -0.2) is 0 Å². The Hall–Kier alpha value is -0.870. The summed E-state index contributed by atoms with van der Waals surface area (Å²) in [5, 5.41) is 8.73. The van der Waals surface area contributed by atoms with E-state index in [0.29, 0.717) is 0 Å². The van der Waals surface area contributed by atoms with Crippen molar-refractivity contribution in [1.82, 2.24) is 0 Å². The number of benzene rings is 1. The van der Waals surface area contributed by atoms with Crippen LogP contribution in [-0.4, -0.2) is 11.7 Å². The van der Waals surface area contributed by atoms with Crippen molar-refractivity contribution in [2.45, 2.75) is 5.92 Å². The Morgan fingerprint density at radius 3 is 2.54 bits per heavy atom. The lowest BCUT2D eigenvalue weighted by Crippen LogP contribution is -2.25. The largest absolute Gasteiger partial charge is 0.508 e. The fourth-order valence-electron chi connectivity index (χ4n) is 0.911. The van der Waals surface area contributed by atoms with Gasteiger partial charge in [0.05, 0.1) is 11.6 Å². The maximum atomic E-state index is 13.0. The van der Waals surface area contributed by atoms with Gasteiger partial charge in [-0.3, -0.25) is 0 Å². The number of hydrogen-bond donors (Lipinski definition) is 2. The van der Waals surface area contributed by atoms with Gasteiger partial charge in [0.2, 0.25) is 0 Å². The van der Waals surface area contributed by atoms with Crippen LogP contribution in [0.4, 0.5) is 8.78 Å². The zero-order chi connectivity index (χ0) is 10.1. The van der Waals surface area contributed by atoms with Crippen molar-refractivity contribution in [1.29, 1.82) is 0 Å². The molecule has 0 saturated carbocycles. The molecule has 0 amide bonds. The third-order valence-electron chi connectivity index (χ3n) is 1.60. The standard InChI is InChI=1S/C8H8ClF2NO/c9-7-3-5(13)1-2-6(7)8(10,11)4-12/h1-3,13H,4,12H2. The molecule has 0 heterocycles. The van der Waals surface area contributed by atoms with Crippen LogP contribution in [0.2, 0.25) is 5.02 Å². The number of nitrogens with two attached hydrogens (primary N) is 1. The third-order valence-corrected chi connectivity index (χ3v) is 1.92. The molecule has 0 aromatic heterocycles. The van der Waals surface area contributed by atoms with Gasteiger partial charge in [0.1, 0.15) is 5.75 Å². The van der Waals surface area contributed by atoms with Crippen LogP contribution in [0.3, 0.4) is 0 Å². The van der Waals surface area contributed by atoms with E-state index in [1.165, 1.54) is 0 Å². The first kappa shape index (κ1) is 10.2. The van der Waals surface area contributed by atoms with Crippen LogP contribution >= 0.6 is 11.6 Å². The fraction of sp³-hybridized carbons (Fsp3) is 0.250. The third kappa shape index (κ3) is 2.08. The van der Waals surface area contributed by atoms with E-state index in [4.69, 9.17) is 22.4 Å². The average molecular weight is 208 g/mol. The fourth-order valence-corrected chi connectivity index (χ4v) is 1.22. The molecule has 0 bridgehead atoms. The summed E-state index contributed by atoms with van der Waals surface area (Å²) in [6.45, 7) is -0.808. The topological polar surface area (TPSA) is 46.2 Å². The second-order valence-corrected chi connectivity index (χ2v) is 2.98. The number of aromatic hydroxyl groups is 1. The van der Waals surface area contributed by atoms with Crippen LogP contribution in [-0.2, 0) is 5.92 Å². The van der Waals surface area contributed by atoms with E-state index in [0.717, 1.165) is 18.2 Å². The Balaban J connectivity index is 3.16. The van der Waals surface area contributed by atoms with Crippen molar-refractivity contribution in [3.63, 3.8) is 0 Å². The van der Waals surface area contributed by atoms with Crippen molar-refractivity contribution < 1.29 is 13.9 Å². The van der Waals surface area contributed by atoms with E-state index in [-0.39, 0.29) is 16.3 Å². The number of rotatable bonds is 2. The molecule has 5 heteroatoms. The molecule has 0 spiro atoms. The van der Waals surface area contributed by atoms with Gasteiger partial charge in [-0.2, -0.15) is 8.78 Å². The number of alkyl halides is 2. The summed E-state index contributed by atoms with van der Waals surface area (Å²) >= 11 is 5.50. The van der Waals surface area contributed by atoms with Crippen molar-refractivity contribution in [2.75, 3.05) is 6.54 Å². The van der Waals surface area contributed by atoms with E-state index < -0.39 is 12.5 Å². The summed E-state index contributed by atoms with van der Waals surface area (Å²) in [4.78, 5) is 0. The number of phenolic OH excluding ortho intramolecular Hbond substituents is 1. The van der Waals surface area contributed by atoms with Gasteiger partial charge in [-0.15, -0.1) is 0 Å². The SMILES string of the molecule is NCC(F)(F)c1ccc(O)cc1Cl. The highest BCUT2D eigenvalue weighted by atomic mass is 35.5. The molecule has 3 N–H and O–H groups in total. The van der Waals surface area contributed by atoms with Gasteiger partial charge in [-0.1, -0.05) is 11.6 Å². The molecule has 0 aliphatic carbocycles. The number of halogens is 3. The van der Waals surface area contributed by atoms with E-state index in [1.807, 2.05) is 0 Å². The highest BCUT2D eigenvalue weighted by Crippen LogP contribution is 2.34. The van der Waals surface area contributed by atoms with Crippen LogP contribution in [0, 0.1) is 0 Å². The molecule has 13 heavy (non-hydrogen) atoms. The zero-order valence-corrected chi connectivity index (χ0v) is 7.35. The van der Waals surface area contributed by atoms with E-state index in [1.54, 1.807) is 0 Å². The predicted molar refractivity (Wildman–Crippen MR) is 46.1 cm³/mol. The Morgan fingerprint density at radius 2 is 2.08 bits per heavy atom. The lowest BCUT2D eigenvalue weighted by molar-refractivity contribution is 0.00604. The first-order chi connectivity index (χ1) is 5.97.